The van der Waals surface area contributed by atoms with Crippen molar-refractivity contribution in [2.45, 2.75) is 6.54 Å². The van der Waals surface area contributed by atoms with Crippen LogP contribution in [0, 0.1) is 0 Å². The number of amides is 1. The number of nitrogens with one attached hydrogen (secondary N) is 1. The Bertz CT molecular complexity index is 1060. The van der Waals surface area contributed by atoms with Crippen molar-refractivity contribution < 1.29 is 13.9 Å². The van der Waals surface area contributed by atoms with Crippen LogP contribution in [0.1, 0.15) is 10.5 Å². The molecule has 0 atom stereocenters. The van der Waals surface area contributed by atoms with Gasteiger partial charge in [-0.15, -0.1) is 0 Å². The molecule has 27 heavy (non-hydrogen) atoms. The third-order valence-corrected chi connectivity index (χ3v) is 4.73. The van der Waals surface area contributed by atoms with E-state index < -0.39 is 0 Å². The van der Waals surface area contributed by atoms with E-state index in [-0.39, 0.29) is 5.91 Å². The summed E-state index contributed by atoms with van der Waals surface area (Å²) < 4.78 is 15.3. The largest absolute Gasteiger partial charge is 0.448 e. The molecular weight excluding hydrogens is 410 g/mol. The van der Waals surface area contributed by atoms with Gasteiger partial charge < -0.3 is 23.6 Å². The average molecular weight is 428 g/mol. The van der Waals surface area contributed by atoms with E-state index in [1.54, 1.807) is 13.2 Å². The Labute approximate surface area is 164 Å². The predicted octanol–water partition coefficient (Wildman–Crippen LogP) is 4.69. The average Bonchev–Trinajstić information content (AvgIpc) is 3.37. The minimum absolute atomic E-state index is 0.192. The van der Waals surface area contributed by atoms with E-state index in [0.29, 0.717) is 29.1 Å². The number of fused-ring (bicyclic) bond motifs is 1. The highest BCUT2D eigenvalue weighted by atomic mass is 79.9. The Hall–Kier alpha value is -2.77. The summed E-state index contributed by atoms with van der Waals surface area (Å²) in [5.74, 6) is -0.192. The molecule has 0 radical (unpaired) electrons. The second kappa shape index (κ2) is 7.46. The molecule has 138 valence electrons. The van der Waals surface area contributed by atoms with Crippen LogP contribution < -0.4 is 5.32 Å². The number of benzene rings is 1. The van der Waals surface area contributed by atoms with Crippen molar-refractivity contribution in [2.75, 3.05) is 19.0 Å². The lowest BCUT2D eigenvalue weighted by Gasteiger charge is -2.11. The first-order valence-electron chi connectivity index (χ1n) is 8.48. The predicted molar refractivity (Wildman–Crippen MR) is 108 cm³/mol. The van der Waals surface area contributed by atoms with Crippen molar-refractivity contribution >= 4 is 38.6 Å². The number of hydrogen-bond donors (Lipinski definition) is 1. The van der Waals surface area contributed by atoms with Gasteiger partial charge in [-0.1, -0.05) is 0 Å². The molecule has 0 saturated carbocycles. The smallest absolute Gasteiger partial charge is 0.272 e. The van der Waals surface area contributed by atoms with Crippen LogP contribution in [0.4, 0.5) is 5.69 Å². The Kier molecular flexibility index (Phi) is 4.87. The van der Waals surface area contributed by atoms with Crippen LogP contribution in [0.2, 0.25) is 0 Å². The maximum Gasteiger partial charge on any atom is 0.272 e. The summed E-state index contributed by atoms with van der Waals surface area (Å²) in [4.78, 5) is 12.8. The lowest BCUT2D eigenvalue weighted by atomic mass is 10.2. The van der Waals surface area contributed by atoms with Gasteiger partial charge in [0.25, 0.3) is 5.91 Å². The maximum atomic E-state index is 12.8. The monoisotopic (exact) mass is 427 g/mol. The zero-order valence-electron chi connectivity index (χ0n) is 14.7. The lowest BCUT2D eigenvalue weighted by molar-refractivity contribution is 0.101. The zero-order chi connectivity index (χ0) is 18.8. The molecule has 1 amide bonds. The second-order valence-electron chi connectivity index (χ2n) is 6.07. The summed E-state index contributed by atoms with van der Waals surface area (Å²) in [5.41, 5.74) is 3.80. The Balaban J connectivity index is 1.58. The zero-order valence-corrected chi connectivity index (χ0v) is 16.3. The van der Waals surface area contributed by atoms with E-state index in [9.17, 15) is 4.79 Å². The summed E-state index contributed by atoms with van der Waals surface area (Å²) in [5, 5.41) is 2.95. The molecule has 7 heteroatoms. The van der Waals surface area contributed by atoms with E-state index in [0.717, 1.165) is 16.9 Å². The first kappa shape index (κ1) is 17.6. The standard InChI is InChI=1S/C20H18BrN3O3/c1-26-11-10-24-16-13-19(21)27-18(16)12-17(24)20(25)22-14-4-6-15(7-5-14)23-8-2-3-9-23/h2-9,12-13H,10-11H2,1H3,(H,22,25). The second-order valence-corrected chi connectivity index (χ2v) is 6.85. The highest BCUT2D eigenvalue weighted by Gasteiger charge is 2.18. The van der Waals surface area contributed by atoms with Gasteiger partial charge in [0.1, 0.15) is 5.69 Å². The highest BCUT2D eigenvalue weighted by molar-refractivity contribution is 9.10. The minimum atomic E-state index is -0.192. The normalized spacial score (nSPS) is 11.2. The van der Waals surface area contributed by atoms with Crippen LogP contribution in [-0.4, -0.2) is 28.8 Å². The molecule has 1 N–H and O–H groups in total. The first-order chi connectivity index (χ1) is 13.2. The van der Waals surface area contributed by atoms with E-state index in [2.05, 4.69) is 21.2 Å². The van der Waals surface area contributed by atoms with Crippen LogP contribution >= 0.6 is 15.9 Å². The van der Waals surface area contributed by atoms with Crippen molar-refractivity contribution in [1.82, 2.24) is 9.13 Å². The van der Waals surface area contributed by atoms with Crippen molar-refractivity contribution in [3.05, 3.63) is 71.3 Å². The molecule has 3 heterocycles. The number of furan rings is 1. The van der Waals surface area contributed by atoms with Gasteiger partial charge >= 0.3 is 0 Å². The summed E-state index contributed by atoms with van der Waals surface area (Å²) in [6.07, 6.45) is 3.95. The molecule has 4 aromatic rings. The van der Waals surface area contributed by atoms with Gasteiger partial charge in [-0.2, -0.15) is 0 Å². The number of ether oxygens (including phenoxy) is 1. The minimum Gasteiger partial charge on any atom is -0.448 e. The molecule has 1 aromatic carbocycles. The van der Waals surface area contributed by atoms with E-state index >= 15 is 0 Å². The molecule has 0 unspecified atom stereocenters. The molecule has 0 saturated heterocycles. The molecule has 0 aliphatic rings. The summed E-state index contributed by atoms with van der Waals surface area (Å²) >= 11 is 3.33. The van der Waals surface area contributed by atoms with Gasteiger partial charge in [0.2, 0.25) is 0 Å². The summed E-state index contributed by atoms with van der Waals surface area (Å²) in [6.45, 7) is 1.06. The van der Waals surface area contributed by atoms with Crippen molar-refractivity contribution in [3.8, 4) is 5.69 Å². The number of methoxy groups -OCH3 is 1. The van der Waals surface area contributed by atoms with E-state index in [1.165, 1.54) is 0 Å². The van der Waals surface area contributed by atoms with Crippen molar-refractivity contribution in [2.24, 2.45) is 0 Å². The van der Waals surface area contributed by atoms with Gasteiger partial charge in [-0.25, -0.2) is 0 Å². The topological polar surface area (TPSA) is 61.3 Å². The van der Waals surface area contributed by atoms with Crippen LogP contribution in [0.3, 0.4) is 0 Å². The SMILES string of the molecule is COCCn1c(C(=O)Nc2ccc(-n3cccc3)cc2)cc2oc(Br)cc21. The van der Waals surface area contributed by atoms with Crippen LogP contribution in [-0.2, 0) is 11.3 Å². The lowest BCUT2D eigenvalue weighted by Crippen LogP contribution is -2.18. The molecule has 6 nitrogen and oxygen atoms in total. The summed E-state index contributed by atoms with van der Waals surface area (Å²) in [6, 6.07) is 15.2. The number of nitrogens with zero attached hydrogens (tertiary/aromatic N) is 2. The Morgan fingerprint density at radius 1 is 1.19 bits per heavy atom. The number of aromatic nitrogens is 2. The van der Waals surface area contributed by atoms with Gasteiger partial charge in [0.05, 0.1) is 12.1 Å². The Morgan fingerprint density at radius 3 is 2.63 bits per heavy atom. The first-order valence-corrected chi connectivity index (χ1v) is 9.27. The fourth-order valence-electron chi connectivity index (χ4n) is 3.04. The number of carbonyl (C=O) groups is 1. The summed E-state index contributed by atoms with van der Waals surface area (Å²) in [7, 11) is 1.64. The quantitative estimate of drug-likeness (QED) is 0.485. The van der Waals surface area contributed by atoms with Gasteiger partial charge in [0.15, 0.2) is 10.3 Å². The number of hydrogen-bond acceptors (Lipinski definition) is 3. The van der Waals surface area contributed by atoms with E-state index in [1.807, 2.05) is 64.0 Å². The van der Waals surface area contributed by atoms with Crippen molar-refractivity contribution in [1.29, 1.82) is 0 Å². The molecule has 0 bridgehead atoms. The molecule has 0 aliphatic heterocycles. The maximum absolute atomic E-state index is 12.8. The van der Waals surface area contributed by atoms with Gasteiger partial charge in [-0.3, -0.25) is 4.79 Å². The number of rotatable bonds is 6. The molecule has 0 spiro atoms. The number of halogens is 1. The fraction of sp³-hybridized carbons (Fsp3) is 0.150. The highest BCUT2D eigenvalue weighted by Crippen LogP contribution is 2.27. The third kappa shape index (κ3) is 3.56. The van der Waals surface area contributed by atoms with E-state index in [4.69, 9.17) is 9.15 Å². The molecule has 3 aromatic heterocycles. The third-order valence-electron chi connectivity index (χ3n) is 4.34. The number of carbonyl (C=O) groups excluding carboxylic acids is 1. The number of anilines is 1. The molecular formula is C20H18BrN3O3. The van der Waals surface area contributed by atoms with Gasteiger partial charge in [-0.05, 0) is 52.3 Å². The fourth-order valence-corrected chi connectivity index (χ4v) is 3.43. The Morgan fingerprint density at radius 2 is 1.93 bits per heavy atom. The van der Waals surface area contributed by atoms with Crippen LogP contribution in [0.15, 0.2) is 70.0 Å². The molecule has 0 fully saturated rings. The van der Waals surface area contributed by atoms with Crippen LogP contribution in [0.5, 0.6) is 0 Å². The molecule has 4 rings (SSSR count). The van der Waals surface area contributed by atoms with Crippen molar-refractivity contribution in [3.63, 3.8) is 0 Å². The van der Waals surface area contributed by atoms with Crippen LogP contribution in [0.25, 0.3) is 16.8 Å². The van der Waals surface area contributed by atoms with Gasteiger partial charge in [0, 0.05) is 49.6 Å². The molecule has 0 aliphatic carbocycles.